The first kappa shape index (κ1) is 16.9. The molecule has 0 saturated heterocycles. The molecule has 0 spiro atoms. The SMILES string of the molecule is CCOP(=O)(CNc1ccc(Cl)cc1[N+](=O)[O-])OCC. The van der Waals surface area contributed by atoms with Crippen LogP contribution in [0.4, 0.5) is 11.4 Å². The molecule has 9 heteroatoms. The monoisotopic (exact) mass is 322 g/mol. The summed E-state index contributed by atoms with van der Waals surface area (Å²) in [4.78, 5) is 10.4. The number of nitrogens with one attached hydrogen (secondary N) is 1. The Morgan fingerprint density at radius 1 is 1.35 bits per heavy atom. The molecule has 0 bridgehead atoms. The highest BCUT2D eigenvalue weighted by Gasteiger charge is 2.25. The maximum Gasteiger partial charge on any atom is 0.349 e. The molecule has 0 aromatic heterocycles. The van der Waals surface area contributed by atoms with Crippen LogP contribution in [0, 0.1) is 10.1 Å². The fourth-order valence-corrected chi connectivity index (χ4v) is 3.08. The minimum Gasteiger partial charge on any atom is -0.368 e. The number of hydrogen-bond acceptors (Lipinski definition) is 6. The molecule has 0 aliphatic heterocycles. The Balaban J connectivity index is 2.88. The van der Waals surface area contributed by atoms with Crippen molar-refractivity contribution in [3.63, 3.8) is 0 Å². The average Bonchev–Trinajstić information content (AvgIpc) is 2.37. The number of nitro groups is 1. The van der Waals surface area contributed by atoms with Gasteiger partial charge in [-0.25, -0.2) is 0 Å². The summed E-state index contributed by atoms with van der Waals surface area (Å²) in [5, 5.41) is 13.9. The molecule has 0 radical (unpaired) electrons. The normalized spacial score (nSPS) is 11.3. The first-order valence-corrected chi connectivity index (χ1v) is 8.08. The third-order valence-electron chi connectivity index (χ3n) is 2.27. The van der Waals surface area contributed by atoms with Crippen LogP contribution >= 0.6 is 19.2 Å². The summed E-state index contributed by atoms with van der Waals surface area (Å²) in [5.74, 6) is 0. The number of hydrogen-bond donors (Lipinski definition) is 1. The fourth-order valence-electron chi connectivity index (χ4n) is 1.51. The number of anilines is 1. The van der Waals surface area contributed by atoms with Gasteiger partial charge in [0.2, 0.25) is 0 Å². The van der Waals surface area contributed by atoms with Crippen LogP contribution < -0.4 is 5.32 Å². The van der Waals surface area contributed by atoms with Crippen molar-refractivity contribution in [1.29, 1.82) is 0 Å². The fraction of sp³-hybridized carbons (Fsp3) is 0.455. The van der Waals surface area contributed by atoms with Crippen LogP contribution in [0.1, 0.15) is 13.8 Å². The number of nitrogens with zero attached hydrogens (tertiary/aromatic N) is 1. The van der Waals surface area contributed by atoms with Gasteiger partial charge in [-0.3, -0.25) is 14.7 Å². The van der Waals surface area contributed by atoms with E-state index in [0.29, 0.717) is 0 Å². The van der Waals surface area contributed by atoms with Crippen LogP contribution in [0.5, 0.6) is 0 Å². The molecule has 7 nitrogen and oxygen atoms in total. The highest BCUT2D eigenvalue weighted by molar-refractivity contribution is 7.53. The molecule has 0 amide bonds. The van der Waals surface area contributed by atoms with E-state index in [1.165, 1.54) is 18.2 Å². The molecule has 1 rings (SSSR count). The van der Waals surface area contributed by atoms with Crippen molar-refractivity contribution < 1.29 is 18.5 Å². The van der Waals surface area contributed by atoms with Crippen LogP contribution in [0.3, 0.4) is 0 Å². The van der Waals surface area contributed by atoms with Gasteiger partial charge in [0, 0.05) is 11.1 Å². The summed E-state index contributed by atoms with van der Waals surface area (Å²) in [6.45, 7) is 3.83. The Hall–Kier alpha value is -1.14. The van der Waals surface area contributed by atoms with Gasteiger partial charge in [0.05, 0.1) is 18.1 Å². The number of nitro benzene ring substituents is 1. The van der Waals surface area contributed by atoms with E-state index in [-0.39, 0.29) is 35.9 Å². The smallest absolute Gasteiger partial charge is 0.349 e. The molecule has 0 fully saturated rings. The Morgan fingerprint density at radius 3 is 2.45 bits per heavy atom. The lowest BCUT2D eigenvalue weighted by Gasteiger charge is -2.18. The largest absolute Gasteiger partial charge is 0.368 e. The second-order valence-electron chi connectivity index (χ2n) is 3.70. The second-order valence-corrected chi connectivity index (χ2v) is 6.19. The van der Waals surface area contributed by atoms with Gasteiger partial charge in [0.25, 0.3) is 5.69 Å². The van der Waals surface area contributed by atoms with Crippen molar-refractivity contribution in [1.82, 2.24) is 0 Å². The maximum absolute atomic E-state index is 12.2. The van der Waals surface area contributed by atoms with E-state index in [1.807, 2.05) is 0 Å². The zero-order valence-electron chi connectivity index (χ0n) is 11.2. The van der Waals surface area contributed by atoms with E-state index < -0.39 is 12.5 Å². The molecule has 0 atom stereocenters. The van der Waals surface area contributed by atoms with E-state index >= 15 is 0 Å². The molecule has 0 saturated carbocycles. The standard InChI is InChI=1S/C11H16ClN2O5P/c1-3-18-20(17,19-4-2)8-13-10-6-5-9(12)7-11(10)14(15)16/h5-7,13H,3-4,8H2,1-2H3. The quantitative estimate of drug-likeness (QED) is 0.443. The molecule has 1 N–H and O–H groups in total. The Bertz CT molecular complexity index is 516. The van der Waals surface area contributed by atoms with Crippen molar-refractivity contribution in [2.45, 2.75) is 13.8 Å². The third kappa shape index (κ3) is 4.76. The van der Waals surface area contributed by atoms with Gasteiger partial charge in [0.15, 0.2) is 0 Å². The molecular weight excluding hydrogens is 307 g/mol. The summed E-state index contributed by atoms with van der Waals surface area (Å²) in [7, 11) is -3.31. The summed E-state index contributed by atoms with van der Waals surface area (Å²) in [6.07, 6.45) is -0.156. The minimum atomic E-state index is -3.31. The van der Waals surface area contributed by atoms with E-state index in [1.54, 1.807) is 13.8 Å². The first-order chi connectivity index (χ1) is 9.41. The van der Waals surface area contributed by atoms with E-state index in [0.717, 1.165) is 0 Å². The first-order valence-electron chi connectivity index (χ1n) is 5.97. The van der Waals surface area contributed by atoms with Crippen LogP contribution in [0.2, 0.25) is 5.02 Å². The van der Waals surface area contributed by atoms with E-state index in [2.05, 4.69) is 5.32 Å². The van der Waals surface area contributed by atoms with E-state index in [4.69, 9.17) is 20.6 Å². The summed E-state index contributed by atoms with van der Waals surface area (Å²) < 4.78 is 22.4. The zero-order valence-corrected chi connectivity index (χ0v) is 12.8. The molecule has 1 aromatic rings. The Labute approximate surface area is 121 Å². The third-order valence-corrected chi connectivity index (χ3v) is 4.35. The number of halogens is 1. The van der Waals surface area contributed by atoms with Crippen molar-refractivity contribution in [3.05, 3.63) is 33.3 Å². The van der Waals surface area contributed by atoms with Crippen molar-refractivity contribution in [3.8, 4) is 0 Å². The van der Waals surface area contributed by atoms with Gasteiger partial charge in [-0.1, -0.05) is 11.6 Å². The molecule has 0 heterocycles. The van der Waals surface area contributed by atoms with E-state index in [9.17, 15) is 14.7 Å². The predicted molar refractivity (Wildman–Crippen MR) is 77.5 cm³/mol. The van der Waals surface area contributed by atoms with Gasteiger partial charge in [-0.15, -0.1) is 0 Å². The van der Waals surface area contributed by atoms with Crippen LogP contribution in [-0.4, -0.2) is 24.4 Å². The van der Waals surface area contributed by atoms with Gasteiger partial charge in [-0.2, -0.15) is 0 Å². The minimum absolute atomic E-state index is 0.156. The lowest BCUT2D eigenvalue weighted by Crippen LogP contribution is -2.09. The highest BCUT2D eigenvalue weighted by atomic mass is 35.5. The van der Waals surface area contributed by atoms with Gasteiger partial charge in [-0.05, 0) is 26.0 Å². The lowest BCUT2D eigenvalue weighted by atomic mass is 10.3. The van der Waals surface area contributed by atoms with Crippen molar-refractivity contribution >= 4 is 30.6 Å². The number of rotatable bonds is 8. The van der Waals surface area contributed by atoms with Crippen LogP contribution in [0.15, 0.2) is 18.2 Å². The molecule has 0 unspecified atom stereocenters. The molecule has 20 heavy (non-hydrogen) atoms. The summed E-state index contributed by atoms with van der Waals surface area (Å²) >= 11 is 5.71. The lowest BCUT2D eigenvalue weighted by molar-refractivity contribution is -0.383. The second kappa shape index (κ2) is 7.59. The van der Waals surface area contributed by atoms with Crippen LogP contribution in [0.25, 0.3) is 0 Å². The Morgan fingerprint density at radius 2 is 1.95 bits per heavy atom. The van der Waals surface area contributed by atoms with Crippen LogP contribution in [-0.2, 0) is 13.6 Å². The molecule has 1 aromatic carbocycles. The van der Waals surface area contributed by atoms with Crippen molar-refractivity contribution in [2.24, 2.45) is 0 Å². The average molecular weight is 323 g/mol. The molecule has 112 valence electrons. The number of benzene rings is 1. The summed E-state index contributed by atoms with van der Waals surface area (Å²) in [5.41, 5.74) is 0.0103. The van der Waals surface area contributed by atoms with Crippen molar-refractivity contribution in [2.75, 3.05) is 24.8 Å². The molecule has 0 aliphatic carbocycles. The molecule has 0 aliphatic rings. The maximum atomic E-state index is 12.2. The summed E-state index contributed by atoms with van der Waals surface area (Å²) in [6, 6.07) is 4.17. The zero-order chi connectivity index (χ0) is 15.2. The Kier molecular flexibility index (Phi) is 6.42. The topological polar surface area (TPSA) is 90.7 Å². The molecular formula is C11H16ClN2O5P. The van der Waals surface area contributed by atoms with Gasteiger partial charge < -0.3 is 14.4 Å². The highest BCUT2D eigenvalue weighted by Crippen LogP contribution is 2.48. The van der Waals surface area contributed by atoms with Gasteiger partial charge in [0.1, 0.15) is 12.0 Å². The predicted octanol–water partition coefficient (Wildman–Crippen LogP) is 3.88. The van der Waals surface area contributed by atoms with Gasteiger partial charge >= 0.3 is 7.60 Å².